The van der Waals surface area contributed by atoms with Gasteiger partial charge in [0.05, 0.1) is 0 Å². The highest BCUT2D eigenvalue weighted by molar-refractivity contribution is 5.98. The Morgan fingerprint density at radius 3 is 2.52 bits per heavy atom. The Kier molecular flexibility index (Phi) is 3.27. The molecule has 3 aromatic rings. The highest BCUT2D eigenvalue weighted by Gasteiger charge is 2.09. The van der Waals surface area contributed by atoms with Gasteiger partial charge in [0.1, 0.15) is 5.69 Å². The normalized spacial score (nSPS) is 10.6. The van der Waals surface area contributed by atoms with Gasteiger partial charge in [0, 0.05) is 22.3 Å². The number of para-hydroxylation sites is 1. The van der Waals surface area contributed by atoms with Crippen LogP contribution < -0.4 is 10.9 Å². The van der Waals surface area contributed by atoms with Gasteiger partial charge in [-0.25, -0.2) is 9.97 Å². The summed E-state index contributed by atoms with van der Waals surface area (Å²) in [6.45, 7) is 3.75. The topological polar surface area (TPSA) is 82.7 Å². The Hall–Kier alpha value is -2.89. The van der Waals surface area contributed by atoms with Crippen LogP contribution >= 0.6 is 0 Å². The van der Waals surface area contributed by atoms with Gasteiger partial charge in [-0.15, -0.1) is 0 Å². The Bertz CT molecular complexity index is 755. The Labute approximate surface area is 121 Å². The molecule has 3 rings (SSSR count). The van der Waals surface area contributed by atoms with Crippen molar-refractivity contribution in [3.05, 3.63) is 53.5 Å². The first-order valence-corrected chi connectivity index (χ1v) is 6.58. The van der Waals surface area contributed by atoms with E-state index in [-0.39, 0.29) is 5.91 Å². The van der Waals surface area contributed by atoms with E-state index in [1.54, 1.807) is 6.07 Å². The number of carbonyl (C=O) groups excluding carboxylic acids is 1. The summed E-state index contributed by atoms with van der Waals surface area (Å²) in [4.78, 5) is 23.5. The first-order chi connectivity index (χ1) is 10.1. The second-order valence-electron chi connectivity index (χ2n) is 4.82. The summed E-state index contributed by atoms with van der Waals surface area (Å²) in [5.41, 5.74) is 8.39. The van der Waals surface area contributed by atoms with Crippen molar-refractivity contribution in [1.82, 2.24) is 20.4 Å². The smallest absolute Gasteiger partial charge is 0.286 e. The van der Waals surface area contributed by atoms with Gasteiger partial charge in [-0.3, -0.25) is 15.6 Å². The molecule has 0 bridgehead atoms. The molecule has 0 saturated carbocycles. The Balaban J connectivity index is 1.74. The van der Waals surface area contributed by atoms with Crippen molar-refractivity contribution in [2.75, 3.05) is 5.43 Å². The molecule has 0 aliphatic carbocycles. The lowest BCUT2D eigenvalue weighted by Crippen LogP contribution is -2.30. The average Bonchev–Trinajstić information content (AvgIpc) is 2.87. The molecular formula is C15H15N5O. The van der Waals surface area contributed by atoms with E-state index in [1.165, 1.54) is 0 Å². The molecule has 0 radical (unpaired) electrons. The molecule has 6 nitrogen and oxygen atoms in total. The number of aromatic amines is 1. The average molecular weight is 281 g/mol. The van der Waals surface area contributed by atoms with Crippen molar-refractivity contribution in [2.24, 2.45) is 0 Å². The van der Waals surface area contributed by atoms with Crippen LogP contribution in [0.5, 0.6) is 0 Å². The number of benzene rings is 1. The number of amides is 1. The minimum absolute atomic E-state index is 0.269. The number of hydrazine groups is 1. The predicted molar refractivity (Wildman–Crippen MR) is 80.9 cm³/mol. The molecule has 3 N–H and O–H groups in total. The number of rotatable bonds is 3. The van der Waals surface area contributed by atoms with E-state index in [2.05, 4.69) is 25.8 Å². The second-order valence-corrected chi connectivity index (χ2v) is 4.82. The molecule has 2 aromatic heterocycles. The standard InChI is InChI=1S/C15H15N5O/c1-9-7-10(2)17-15(16-9)20-19-14(21)13-8-11-5-3-4-6-12(11)18-13/h3-8,18H,1-2H3,(H,19,21)(H,16,17,20). The van der Waals surface area contributed by atoms with Crippen molar-refractivity contribution in [3.63, 3.8) is 0 Å². The molecule has 2 heterocycles. The van der Waals surface area contributed by atoms with Crippen molar-refractivity contribution < 1.29 is 4.79 Å². The molecule has 0 unspecified atom stereocenters. The van der Waals surface area contributed by atoms with Gasteiger partial charge in [0.25, 0.3) is 5.91 Å². The van der Waals surface area contributed by atoms with E-state index in [1.807, 2.05) is 44.2 Å². The summed E-state index contributed by atoms with van der Waals surface area (Å²) in [7, 11) is 0. The van der Waals surface area contributed by atoms with E-state index in [0.29, 0.717) is 11.6 Å². The van der Waals surface area contributed by atoms with Gasteiger partial charge >= 0.3 is 0 Å². The number of nitrogens with zero attached hydrogens (tertiary/aromatic N) is 2. The molecule has 0 fully saturated rings. The number of anilines is 1. The van der Waals surface area contributed by atoms with Crippen LogP contribution in [-0.4, -0.2) is 20.9 Å². The maximum atomic E-state index is 12.1. The van der Waals surface area contributed by atoms with Gasteiger partial charge in [0.2, 0.25) is 5.95 Å². The molecule has 0 spiro atoms. The SMILES string of the molecule is Cc1cc(C)nc(NNC(=O)c2cc3ccccc3[nH]2)n1. The van der Waals surface area contributed by atoms with Gasteiger partial charge in [-0.05, 0) is 32.0 Å². The third-order valence-electron chi connectivity index (χ3n) is 3.04. The molecule has 106 valence electrons. The van der Waals surface area contributed by atoms with E-state index in [9.17, 15) is 4.79 Å². The summed E-state index contributed by atoms with van der Waals surface area (Å²) in [5, 5.41) is 0.991. The fraction of sp³-hybridized carbons (Fsp3) is 0.133. The van der Waals surface area contributed by atoms with Crippen molar-refractivity contribution in [2.45, 2.75) is 13.8 Å². The summed E-state index contributed by atoms with van der Waals surface area (Å²) in [6.07, 6.45) is 0. The maximum Gasteiger partial charge on any atom is 0.286 e. The number of nitrogens with one attached hydrogen (secondary N) is 3. The third kappa shape index (κ3) is 2.84. The summed E-state index contributed by atoms with van der Waals surface area (Å²) < 4.78 is 0. The fourth-order valence-electron chi connectivity index (χ4n) is 2.16. The van der Waals surface area contributed by atoms with E-state index in [0.717, 1.165) is 22.3 Å². The monoisotopic (exact) mass is 281 g/mol. The van der Waals surface area contributed by atoms with E-state index < -0.39 is 0 Å². The lowest BCUT2D eigenvalue weighted by atomic mass is 10.2. The zero-order valence-electron chi connectivity index (χ0n) is 11.8. The zero-order valence-corrected chi connectivity index (χ0v) is 11.8. The van der Waals surface area contributed by atoms with Crippen molar-refractivity contribution in [3.8, 4) is 0 Å². The number of hydrogen-bond acceptors (Lipinski definition) is 4. The predicted octanol–water partition coefficient (Wildman–Crippen LogP) is 2.33. The molecule has 0 atom stereocenters. The van der Waals surface area contributed by atoms with Crippen LogP contribution in [0, 0.1) is 13.8 Å². The quantitative estimate of drug-likeness (QED) is 0.643. The maximum absolute atomic E-state index is 12.1. The molecule has 21 heavy (non-hydrogen) atoms. The van der Waals surface area contributed by atoms with Gasteiger partial charge in [-0.2, -0.15) is 0 Å². The fourth-order valence-corrected chi connectivity index (χ4v) is 2.16. The highest BCUT2D eigenvalue weighted by Crippen LogP contribution is 2.14. The van der Waals surface area contributed by atoms with Crippen LogP contribution in [0.4, 0.5) is 5.95 Å². The number of hydrogen-bond donors (Lipinski definition) is 3. The van der Waals surface area contributed by atoms with Crippen molar-refractivity contribution in [1.29, 1.82) is 0 Å². The number of fused-ring (bicyclic) bond motifs is 1. The Morgan fingerprint density at radius 1 is 1.10 bits per heavy atom. The highest BCUT2D eigenvalue weighted by atomic mass is 16.2. The molecule has 1 amide bonds. The molecular weight excluding hydrogens is 266 g/mol. The third-order valence-corrected chi connectivity index (χ3v) is 3.04. The lowest BCUT2D eigenvalue weighted by molar-refractivity contribution is 0.0958. The van der Waals surface area contributed by atoms with Crippen LogP contribution in [0.1, 0.15) is 21.9 Å². The molecule has 0 saturated heterocycles. The zero-order chi connectivity index (χ0) is 14.8. The van der Waals surface area contributed by atoms with Gasteiger partial charge < -0.3 is 4.98 Å². The van der Waals surface area contributed by atoms with Crippen LogP contribution in [0.25, 0.3) is 10.9 Å². The van der Waals surface area contributed by atoms with Crippen LogP contribution in [0.2, 0.25) is 0 Å². The minimum Gasteiger partial charge on any atom is -0.350 e. The molecule has 1 aromatic carbocycles. The van der Waals surface area contributed by atoms with Gasteiger partial charge in [-0.1, -0.05) is 18.2 Å². The molecule has 0 aliphatic heterocycles. The number of carbonyl (C=O) groups is 1. The van der Waals surface area contributed by atoms with Crippen LogP contribution in [0.3, 0.4) is 0 Å². The summed E-state index contributed by atoms with van der Waals surface area (Å²) >= 11 is 0. The number of aryl methyl sites for hydroxylation is 2. The lowest BCUT2D eigenvalue weighted by Gasteiger charge is -2.07. The number of aromatic nitrogens is 3. The Morgan fingerprint density at radius 2 is 1.81 bits per heavy atom. The van der Waals surface area contributed by atoms with E-state index in [4.69, 9.17) is 0 Å². The van der Waals surface area contributed by atoms with E-state index >= 15 is 0 Å². The first-order valence-electron chi connectivity index (χ1n) is 6.58. The second kappa shape index (κ2) is 5.24. The number of H-pyrrole nitrogens is 1. The van der Waals surface area contributed by atoms with Gasteiger partial charge in [0.15, 0.2) is 0 Å². The largest absolute Gasteiger partial charge is 0.350 e. The van der Waals surface area contributed by atoms with Crippen LogP contribution in [0.15, 0.2) is 36.4 Å². The summed E-state index contributed by atoms with van der Waals surface area (Å²) in [6, 6.07) is 11.4. The summed E-state index contributed by atoms with van der Waals surface area (Å²) in [5.74, 6) is 0.103. The molecule has 6 heteroatoms. The molecule has 0 aliphatic rings. The first kappa shape index (κ1) is 13.1. The minimum atomic E-state index is -0.269. The van der Waals surface area contributed by atoms with Crippen LogP contribution in [-0.2, 0) is 0 Å². The van der Waals surface area contributed by atoms with Crippen molar-refractivity contribution >= 4 is 22.8 Å².